The van der Waals surface area contributed by atoms with Crippen LogP contribution in [0.25, 0.3) is 33.1 Å². The molecule has 31 heavy (non-hydrogen) atoms. The Labute approximate surface area is 176 Å². The molecule has 6 nitrogen and oxygen atoms in total. The van der Waals surface area contributed by atoms with Crippen LogP contribution in [0.3, 0.4) is 0 Å². The Morgan fingerprint density at radius 3 is 2.55 bits per heavy atom. The van der Waals surface area contributed by atoms with Crippen molar-refractivity contribution in [2.24, 2.45) is 5.73 Å². The fourth-order valence-corrected chi connectivity index (χ4v) is 3.21. The molecule has 0 spiro atoms. The van der Waals surface area contributed by atoms with Gasteiger partial charge in [0.15, 0.2) is 11.5 Å². The molecule has 0 aliphatic rings. The minimum atomic E-state index is -0.653. The van der Waals surface area contributed by atoms with Crippen LogP contribution in [0.5, 0.6) is 0 Å². The number of benzene rings is 2. The second-order valence-corrected chi connectivity index (χ2v) is 6.78. The van der Waals surface area contributed by atoms with Crippen LogP contribution < -0.4 is 5.73 Å². The Morgan fingerprint density at radius 1 is 1.10 bits per heavy atom. The van der Waals surface area contributed by atoms with Crippen LogP contribution in [-0.2, 0) is 4.79 Å². The number of carbonyl (C=O) groups is 2. The maximum Gasteiger partial charge on any atom is 0.241 e. The molecule has 0 radical (unpaired) electrons. The largest absolute Gasteiger partial charge is 0.366 e. The topological polar surface area (TPSA) is 93.2 Å². The second kappa shape index (κ2) is 8.05. The molecule has 150 valence electrons. The van der Waals surface area contributed by atoms with Gasteiger partial charge >= 0.3 is 0 Å². The van der Waals surface area contributed by atoms with Crippen molar-refractivity contribution in [3.8, 4) is 11.1 Å². The number of halogens is 1. The summed E-state index contributed by atoms with van der Waals surface area (Å²) in [4.78, 5) is 34.3. The zero-order chi connectivity index (χ0) is 22.0. The average Bonchev–Trinajstić information content (AvgIpc) is 3.19. The Kier molecular flexibility index (Phi) is 5.12. The first-order chi connectivity index (χ1) is 15.0. The number of nitrogens with two attached hydrogens (primary N) is 1. The maximum absolute atomic E-state index is 14.8. The van der Waals surface area contributed by atoms with Gasteiger partial charge in [-0.25, -0.2) is 14.2 Å². The number of fused-ring (bicyclic) bond motifs is 1. The number of nitrogens with zero attached hydrogens (tertiary/aromatic N) is 2. The van der Waals surface area contributed by atoms with Crippen molar-refractivity contribution in [2.75, 3.05) is 0 Å². The average molecular weight is 410 g/mol. The van der Waals surface area contributed by atoms with E-state index >= 15 is 0 Å². The van der Waals surface area contributed by atoms with Gasteiger partial charge < -0.3 is 10.7 Å². The third-order valence-corrected chi connectivity index (χ3v) is 4.80. The third kappa shape index (κ3) is 3.95. The summed E-state index contributed by atoms with van der Waals surface area (Å²) >= 11 is 0. The number of amides is 1. The number of hydrogen-bond donors (Lipinski definition) is 2. The second-order valence-electron chi connectivity index (χ2n) is 6.78. The number of ketones is 1. The number of carbonyl (C=O) groups excluding carboxylic acids is 2. The first-order valence-electron chi connectivity index (χ1n) is 9.23. The molecule has 1 amide bonds. The molecular weight excluding hydrogens is 395 g/mol. The smallest absolute Gasteiger partial charge is 0.241 e. The molecule has 0 aliphatic heterocycles. The van der Waals surface area contributed by atoms with Crippen LogP contribution in [0.1, 0.15) is 21.5 Å². The Balaban J connectivity index is 1.68. The molecule has 0 atom stereocenters. The number of rotatable bonds is 5. The fraction of sp³-hybridized carbons (Fsp3) is 0. The highest BCUT2D eigenvalue weighted by Gasteiger charge is 2.15. The van der Waals surface area contributed by atoms with Crippen LogP contribution in [0.4, 0.5) is 10.1 Å². The SMILES string of the molecule is [C-]#[N+]c1ccc(C(=O)c2ccc(-c3cnc4[nH]cc(/C=C/C(N)=O)c4c3)cc2F)cc1. The predicted molar refractivity (Wildman–Crippen MR) is 116 cm³/mol. The summed E-state index contributed by atoms with van der Waals surface area (Å²) in [7, 11) is 0. The van der Waals surface area contributed by atoms with E-state index in [4.69, 9.17) is 12.3 Å². The lowest BCUT2D eigenvalue weighted by Crippen LogP contribution is -2.05. The Hall–Kier alpha value is -4.57. The molecule has 0 saturated heterocycles. The van der Waals surface area contributed by atoms with Crippen molar-refractivity contribution in [1.29, 1.82) is 0 Å². The molecule has 2 aromatic heterocycles. The molecule has 0 aliphatic carbocycles. The van der Waals surface area contributed by atoms with Crippen LogP contribution in [0.15, 0.2) is 67.0 Å². The van der Waals surface area contributed by atoms with E-state index < -0.39 is 17.5 Å². The summed E-state index contributed by atoms with van der Waals surface area (Å²) < 4.78 is 14.8. The van der Waals surface area contributed by atoms with Crippen molar-refractivity contribution >= 4 is 34.5 Å². The van der Waals surface area contributed by atoms with Crippen molar-refractivity contribution in [3.63, 3.8) is 0 Å². The molecule has 7 heteroatoms. The van der Waals surface area contributed by atoms with Gasteiger partial charge in [-0.2, -0.15) is 0 Å². The molecule has 4 aromatic rings. The Bertz CT molecular complexity index is 1400. The fourth-order valence-electron chi connectivity index (χ4n) is 3.21. The minimum absolute atomic E-state index is 0.0555. The molecular formula is C24H15FN4O2. The molecule has 0 fully saturated rings. The first kappa shape index (κ1) is 19.7. The monoisotopic (exact) mass is 410 g/mol. The van der Waals surface area contributed by atoms with E-state index in [9.17, 15) is 14.0 Å². The lowest BCUT2D eigenvalue weighted by molar-refractivity contribution is -0.113. The summed E-state index contributed by atoms with van der Waals surface area (Å²) in [6.45, 7) is 6.97. The molecule has 3 N–H and O–H groups in total. The summed E-state index contributed by atoms with van der Waals surface area (Å²) in [5, 5.41) is 0.746. The van der Waals surface area contributed by atoms with Gasteiger partial charge in [0.1, 0.15) is 11.5 Å². The van der Waals surface area contributed by atoms with Gasteiger partial charge in [0.05, 0.1) is 12.1 Å². The van der Waals surface area contributed by atoms with Gasteiger partial charge in [-0.05, 0) is 29.8 Å². The highest BCUT2D eigenvalue weighted by Crippen LogP contribution is 2.27. The highest BCUT2D eigenvalue weighted by atomic mass is 19.1. The van der Waals surface area contributed by atoms with E-state index in [1.165, 1.54) is 42.5 Å². The zero-order valence-corrected chi connectivity index (χ0v) is 16.1. The number of pyridine rings is 1. The van der Waals surface area contributed by atoms with Gasteiger partial charge in [-0.1, -0.05) is 30.3 Å². The van der Waals surface area contributed by atoms with Gasteiger partial charge in [-0.15, -0.1) is 0 Å². The van der Waals surface area contributed by atoms with E-state index in [0.717, 1.165) is 10.9 Å². The highest BCUT2D eigenvalue weighted by molar-refractivity contribution is 6.09. The molecule has 2 aromatic carbocycles. The van der Waals surface area contributed by atoms with Gasteiger partial charge in [-0.3, -0.25) is 9.59 Å². The zero-order valence-electron chi connectivity index (χ0n) is 16.1. The van der Waals surface area contributed by atoms with Crippen molar-refractivity contribution in [2.45, 2.75) is 0 Å². The number of nitrogens with one attached hydrogen (secondary N) is 1. The first-order valence-corrected chi connectivity index (χ1v) is 9.23. The third-order valence-electron chi connectivity index (χ3n) is 4.80. The lowest BCUT2D eigenvalue weighted by atomic mass is 9.98. The van der Waals surface area contributed by atoms with Crippen molar-refractivity contribution in [1.82, 2.24) is 9.97 Å². The van der Waals surface area contributed by atoms with E-state index in [1.54, 1.807) is 24.5 Å². The standard InChI is InChI=1S/C24H15FN4O2/c1-27-18-6-2-14(3-7-18)23(31)19-8-4-15(11-21(19)25)17-10-20-16(5-9-22(26)30)12-28-24(20)29-13-17/h2-13H,(H2,26,30)(H,28,29)/b9-5+. The van der Waals surface area contributed by atoms with Gasteiger partial charge in [0, 0.05) is 40.5 Å². The Morgan fingerprint density at radius 2 is 1.87 bits per heavy atom. The lowest BCUT2D eigenvalue weighted by Gasteiger charge is -2.07. The normalized spacial score (nSPS) is 11.0. The quantitative estimate of drug-likeness (QED) is 0.285. The predicted octanol–water partition coefficient (Wildman–Crippen LogP) is 4.65. The summed E-state index contributed by atoms with van der Waals surface area (Å²) in [5.74, 6) is -1.68. The molecule has 0 unspecified atom stereocenters. The van der Waals surface area contributed by atoms with Crippen LogP contribution >= 0.6 is 0 Å². The summed E-state index contributed by atoms with van der Waals surface area (Å²) in [6, 6.07) is 12.3. The summed E-state index contributed by atoms with van der Waals surface area (Å²) in [6.07, 6.45) is 6.12. The molecule has 4 rings (SSSR count). The molecule has 2 heterocycles. The van der Waals surface area contributed by atoms with E-state index in [0.29, 0.717) is 28.0 Å². The number of aromatic amines is 1. The van der Waals surface area contributed by atoms with Crippen LogP contribution in [0, 0.1) is 12.4 Å². The van der Waals surface area contributed by atoms with Crippen LogP contribution in [0.2, 0.25) is 0 Å². The van der Waals surface area contributed by atoms with E-state index in [-0.39, 0.29) is 5.56 Å². The summed E-state index contributed by atoms with van der Waals surface area (Å²) in [5.41, 5.74) is 8.35. The molecule has 0 bridgehead atoms. The van der Waals surface area contributed by atoms with Crippen molar-refractivity contribution in [3.05, 3.63) is 101 Å². The maximum atomic E-state index is 14.8. The van der Waals surface area contributed by atoms with E-state index in [2.05, 4.69) is 14.8 Å². The molecule has 0 saturated carbocycles. The number of H-pyrrole nitrogens is 1. The van der Waals surface area contributed by atoms with E-state index in [1.807, 2.05) is 6.07 Å². The van der Waals surface area contributed by atoms with Gasteiger partial charge in [0.2, 0.25) is 5.91 Å². The van der Waals surface area contributed by atoms with Gasteiger partial charge in [0.25, 0.3) is 0 Å². The number of hydrogen-bond acceptors (Lipinski definition) is 3. The van der Waals surface area contributed by atoms with Crippen LogP contribution in [-0.4, -0.2) is 21.7 Å². The van der Waals surface area contributed by atoms with Crippen molar-refractivity contribution < 1.29 is 14.0 Å². The number of aromatic nitrogens is 2. The number of primary amides is 1. The minimum Gasteiger partial charge on any atom is -0.366 e.